The Morgan fingerprint density at radius 1 is 1.38 bits per heavy atom. The van der Waals surface area contributed by atoms with Gasteiger partial charge in [-0.2, -0.15) is 4.37 Å². The van der Waals surface area contributed by atoms with Crippen molar-refractivity contribution in [2.45, 2.75) is 19.9 Å². The fourth-order valence-corrected chi connectivity index (χ4v) is 2.11. The molecule has 0 aliphatic heterocycles. The number of aryl methyl sites for hydroxylation is 1. The van der Waals surface area contributed by atoms with E-state index in [0.29, 0.717) is 10.7 Å². The van der Waals surface area contributed by atoms with Gasteiger partial charge < -0.3 is 5.32 Å². The predicted molar refractivity (Wildman–Crippen MR) is 63.1 cm³/mol. The molecule has 0 aliphatic carbocycles. The van der Waals surface area contributed by atoms with Gasteiger partial charge in [-0.25, -0.2) is 9.37 Å². The molecule has 84 valence electrons. The fraction of sp³-hybridized carbons (Fsp3) is 0.273. The first-order valence-corrected chi connectivity index (χ1v) is 5.75. The van der Waals surface area contributed by atoms with Crippen molar-refractivity contribution in [3.8, 4) is 0 Å². The lowest BCUT2D eigenvalue weighted by atomic mass is 10.1. The molecule has 0 fully saturated rings. The van der Waals surface area contributed by atoms with E-state index in [0.717, 1.165) is 5.82 Å². The van der Waals surface area contributed by atoms with Crippen molar-refractivity contribution >= 4 is 16.7 Å². The fourth-order valence-electron chi connectivity index (χ4n) is 1.44. The average Bonchev–Trinajstić information content (AvgIpc) is 2.64. The summed E-state index contributed by atoms with van der Waals surface area (Å²) in [4.78, 5) is 4.18. The second-order valence-electron chi connectivity index (χ2n) is 3.53. The van der Waals surface area contributed by atoms with Crippen LogP contribution in [0.15, 0.2) is 24.3 Å². The van der Waals surface area contributed by atoms with Gasteiger partial charge in [0.1, 0.15) is 11.6 Å². The smallest absolute Gasteiger partial charge is 0.203 e. The van der Waals surface area contributed by atoms with E-state index in [4.69, 9.17) is 0 Å². The van der Waals surface area contributed by atoms with Crippen molar-refractivity contribution in [1.82, 2.24) is 9.36 Å². The molecule has 1 heterocycles. The van der Waals surface area contributed by atoms with Gasteiger partial charge in [-0.15, -0.1) is 0 Å². The van der Waals surface area contributed by atoms with Gasteiger partial charge >= 0.3 is 0 Å². The van der Waals surface area contributed by atoms with Crippen LogP contribution in [-0.4, -0.2) is 9.36 Å². The van der Waals surface area contributed by atoms with Gasteiger partial charge in [-0.05, 0) is 19.9 Å². The zero-order chi connectivity index (χ0) is 11.5. The molecule has 1 N–H and O–H groups in total. The van der Waals surface area contributed by atoms with Gasteiger partial charge in [0.25, 0.3) is 0 Å². The molecule has 0 saturated carbocycles. The molecule has 1 aromatic heterocycles. The number of halogens is 1. The normalized spacial score (nSPS) is 12.4. The molecular formula is C11H12FN3S. The van der Waals surface area contributed by atoms with Crippen LogP contribution >= 0.6 is 11.5 Å². The standard InChI is InChI=1S/C11H12FN3S/c1-7(9-5-3-4-6-10(9)12)13-11-14-8(2)15-16-11/h3-7H,1-2H3,(H,13,14,15). The third kappa shape index (κ3) is 2.36. The van der Waals surface area contributed by atoms with Crippen molar-refractivity contribution < 1.29 is 4.39 Å². The summed E-state index contributed by atoms with van der Waals surface area (Å²) in [5, 5.41) is 3.84. The maximum absolute atomic E-state index is 13.5. The van der Waals surface area contributed by atoms with Crippen LogP contribution in [0.2, 0.25) is 0 Å². The molecule has 16 heavy (non-hydrogen) atoms. The van der Waals surface area contributed by atoms with Gasteiger partial charge in [0.2, 0.25) is 5.13 Å². The third-order valence-corrected chi connectivity index (χ3v) is 2.98. The Balaban J connectivity index is 2.14. The van der Waals surface area contributed by atoms with Crippen LogP contribution in [0, 0.1) is 12.7 Å². The number of hydrogen-bond acceptors (Lipinski definition) is 4. The molecule has 0 aliphatic rings. The van der Waals surface area contributed by atoms with Crippen molar-refractivity contribution in [1.29, 1.82) is 0 Å². The highest BCUT2D eigenvalue weighted by atomic mass is 32.1. The summed E-state index contributed by atoms with van der Waals surface area (Å²) in [6.07, 6.45) is 0. The maximum Gasteiger partial charge on any atom is 0.203 e. The Morgan fingerprint density at radius 3 is 2.75 bits per heavy atom. The van der Waals surface area contributed by atoms with Crippen molar-refractivity contribution in [2.75, 3.05) is 5.32 Å². The zero-order valence-electron chi connectivity index (χ0n) is 9.07. The second kappa shape index (κ2) is 4.57. The van der Waals surface area contributed by atoms with Crippen LogP contribution in [0.25, 0.3) is 0 Å². The van der Waals surface area contributed by atoms with Crippen LogP contribution in [0.3, 0.4) is 0 Å². The van der Waals surface area contributed by atoms with E-state index < -0.39 is 0 Å². The first kappa shape index (κ1) is 11.0. The van der Waals surface area contributed by atoms with E-state index in [2.05, 4.69) is 14.7 Å². The molecule has 3 nitrogen and oxygen atoms in total. The molecule has 0 saturated heterocycles. The Labute approximate surface area is 97.5 Å². The van der Waals surface area contributed by atoms with Crippen LogP contribution in [0.5, 0.6) is 0 Å². The predicted octanol–water partition coefficient (Wildman–Crippen LogP) is 3.16. The summed E-state index contributed by atoms with van der Waals surface area (Å²) in [5.41, 5.74) is 0.635. The number of anilines is 1. The van der Waals surface area contributed by atoms with Gasteiger partial charge in [0.05, 0.1) is 6.04 Å². The summed E-state index contributed by atoms with van der Waals surface area (Å²) in [7, 11) is 0. The molecule has 0 spiro atoms. The largest absolute Gasteiger partial charge is 0.354 e. The zero-order valence-corrected chi connectivity index (χ0v) is 9.88. The summed E-state index contributed by atoms with van der Waals surface area (Å²) in [6.45, 7) is 3.73. The molecule has 0 radical (unpaired) electrons. The summed E-state index contributed by atoms with van der Waals surface area (Å²) < 4.78 is 17.5. The molecule has 2 rings (SSSR count). The van der Waals surface area contributed by atoms with Crippen molar-refractivity contribution in [3.63, 3.8) is 0 Å². The monoisotopic (exact) mass is 237 g/mol. The number of rotatable bonds is 3. The van der Waals surface area contributed by atoms with Crippen molar-refractivity contribution in [3.05, 3.63) is 41.5 Å². The lowest BCUT2D eigenvalue weighted by Gasteiger charge is -2.13. The maximum atomic E-state index is 13.5. The minimum atomic E-state index is -0.205. The molecule has 0 amide bonds. The molecule has 2 aromatic rings. The van der Waals surface area contributed by atoms with E-state index in [1.54, 1.807) is 12.1 Å². The SMILES string of the molecule is Cc1nsc(NC(C)c2ccccc2F)n1. The van der Waals surface area contributed by atoms with E-state index in [9.17, 15) is 4.39 Å². The van der Waals surface area contributed by atoms with Gasteiger partial charge in [-0.1, -0.05) is 18.2 Å². The minimum Gasteiger partial charge on any atom is -0.354 e. The van der Waals surface area contributed by atoms with E-state index >= 15 is 0 Å². The first-order valence-electron chi connectivity index (χ1n) is 4.98. The van der Waals surface area contributed by atoms with E-state index in [1.165, 1.54) is 17.6 Å². The summed E-state index contributed by atoms with van der Waals surface area (Å²) in [5.74, 6) is 0.525. The van der Waals surface area contributed by atoms with Crippen LogP contribution in [0.1, 0.15) is 24.4 Å². The molecule has 1 aromatic carbocycles. The van der Waals surface area contributed by atoms with Gasteiger partial charge in [0, 0.05) is 17.1 Å². The first-order chi connectivity index (χ1) is 7.66. The van der Waals surface area contributed by atoms with E-state index in [1.807, 2.05) is 19.9 Å². The van der Waals surface area contributed by atoms with Gasteiger partial charge in [0.15, 0.2) is 0 Å². The van der Waals surface area contributed by atoms with Crippen LogP contribution in [-0.2, 0) is 0 Å². The molecule has 0 bridgehead atoms. The van der Waals surface area contributed by atoms with Gasteiger partial charge in [-0.3, -0.25) is 0 Å². The van der Waals surface area contributed by atoms with Crippen LogP contribution in [0.4, 0.5) is 9.52 Å². The summed E-state index contributed by atoms with van der Waals surface area (Å²) in [6, 6.07) is 6.61. The number of benzene rings is 1. The second-order valence-corrected chi connectivity index (χ2v) is 4.29. The number of nitrogens with zero attached hydrogens (tertiary/aromatic N) is 2. The third-order valence-electron chi connectivity index (χ3n) is 2.24. The Morgan fingerprint density at radius 2 is 2.12 bits per heavy atom. The van der Waals surface area contributed by atoms with Crippen LogP contribution < -0.4 is 5.32 Å². The van der Waals surface area contributed by atoms with E-state index in [-0.39, 0.29) is 11.9 Å². The molecular weight excluding hydrogens is 225 g/mol. The Bertz CT molecular complexity index is 484. The molecule has 5 heteroatoms. The Hall–Kier alpha value is -1.49. The lowest BCUT2D eigenvalue weighted by molar-refractivity contribution is 0.600. The molecule has 1 atom stereocenters. The Kier molecular flexibility index (Phi) is 3.14. The topological polar surface area (TPSA) is 37.8 Å². The van der Waals surface area contributed by atoms with Crippen molar-refractivity contribution in [2.24, 2.45) is 0 Å². The number of nitrogens with one attached hydrogen (secondary N) is 1. The minimum absolute atomic E-state index is 0.117. The highest BCUT2D eigenvalue weighted by Gasteiger charge is 2.11. The average molecular weight is 237 g/mol. The lowest BCUT2D eigenvalue weighted by Crippen LogP contribution is -2.08. The number of aromatic nitrogens is 2. The summed E-state index contributed by atoms with van der Waals surface area (Å²) >= 11 is 1.28. The molecule has 1 unspecified atom stereocenters. The quantitative estimate of drug-likeness (QED) is 0.891. The highest BCUT2D eigenvalue weighted by Crippen LogP contribution is 2.22. The highest BCUT2D eigenvalue weighted by molar-refractivity contribution is 7.09. The number of hydrogen-bond donors (Lipinski definition) is 1.